The van der Waals surface area contributed by atoms with Gasteiger partial charge in [-0.25, -0.2) is 0 Å². The van der Waals surface area contributed by atoms with Gasteiger partial charge in [0.05, 0.1) is 11.6 Å². The number of carbonyl (C=O) groups excluding carboxylic acids is 1. The quantitative estimate of drug-likeness (QED) is 0.793. The highest BCUT2D eigenvalue weighted by molar-refractivity contribution is 5.80. The molecule has 0 radical (unpaired) electrons. The van der Waals surface area contributed by atoms with Gasteiger partial charge in [0.15, 0.2) is 0 Å². The maximum atomic E-state index is 12.9. The van der Waals surface area contributed by atoms with Gasteiger partial charge >= 0.3 is 0 Å². The summed E-state index contributed by atoms with van der Waals surface area (Å²) in [5.41, 5.74) is 3.48. The molecule has 1 N–H and O–H groups in total. The van der Waals surface area contributed by atoms with Crippen molar-refractivity contribution < 1.29 is 9.32 Å². The zero-order chi connectivity index (χ0) is 18.8. The average Bonchev–Trinajstić information content (AvgIpc) is 3.36. The summed E-state index contributed by atoms with van der Waals surface area (Å²) in [4.78, 5) is 15.5. The first-order chi connectivity index (χ1) is 13.1. The average molecular weight is 367 g/mol. The second kappa shape index (κ2) is 7.85. The second-order valence-corrected chi connectivity index (χ2v) is 7.91. The molecule has 3 atom stereocenters. The van der Waals surface area contributed by atoms with E-state index in [9.17, 15) is 4.79 Å². The van der Waals surface area contributed by atoms with Crippen LogP contribution in [0.15, 0.2) is 34.9 Å². The van der Waals surface area contributed by atoms with E-state index in [2.05, 4.69) is 45.7 Å². The van der Waals surface area contributed by atoms with E-state index in [-0.39, 0.29) is 11.8 Å². The van der Waals surface area contributed by atoms with E-state index in [4.69, 9.17) is 4.52 Å². The molecule has 2 aliphatic rings. The van der Waals surface area contributed by atoms with Crippen molar-refractivity contribution in [3.05, 3.63) is 52.9 Å². The molecule has 2 aliphatic heterocycles. The number of nitrogens with zero attached hydrogens (tertiary/aromatic N) is 2. The first-order valence-corrected chi connectivity index (χ1v) is 10.2. The van der Waals surface area contributed by atoms with Crippen LogP contribution in [0.25, 0.3) is 0 Å². The van der Waals surface area contributed by atoms with Gasteiger partial charge in [-0.15, -0.1) is 0 Å². The van der Waals surface area contributed by atoms with Crippen LogP contribution in [0.4, 0.5) is 0 Å². The van der Waals surface area contributed by atoms with Crippen molar-refractivity contribution in [3.63, 3.8) is 0 Å². The Morgan fingerprint density at radius 2 is 2.11 bits per heavy atom. The summed E-state index contributed by atoms with van der Waals surface area (Å²) in [6, 6.07) is 11.4. The Bertz CT molecular complexity index is 767. The van der Waals surface area contributed by atoms with Gasteiger partial charge < -0.3 is 9.84 Å². The van der Waals surface area contributed by atoms with E-state index >= 15 is 0 Å². The number of aromatic nitrogens is 1. The molecule has 1 aromatic carbocycles. The van der Waals surface area contributed by atoms with Crippen LogP contribution in [0.2, 0.25) is 0 Å². The number of hydrogen-bond acceptors (Lipinski definition) is 4. The maximum absolute atomic E-state index is 12.9. The summed E-state index contributed by atoms with van der Waals surface area (Å²) in [5.74, 6) is 1.22. The molecule has 0 spiro atoms. The predicted molar refractivity (Wildman–Crippen MR) is 104 cm³/mol. The van der Waals surface area contributed by atoms with Crippen molar-refractivity contribution >= 4 is 5.91 Å². The summed E-state index contributed by atoms with van der Waals surface area (Å²) < 4.78 is 5.21. The minimum atomic E-state index is 0.108. The van der Waals surface area contributed by atoms with Crippen LogP contribution in [0.3, 0.4) is 0 Å². The van der Waals surface area contributed by atoms with E-state index in [1.165, 1.54) is 17.5 Å². The summed E-state index contributed by atoms with van der Waals surface area (Å²) >= 11 is 0. The third-order valence-electron chi connectivity index (χ3n) is 6.29. The molecule has 1 aromatic heterocycles. The van der Waals surface area contributed by atoms with Gasteiger partial charge in [0, 0.05) is 24.2 Å². The van der Waals surface area contributed by atoms with Crippen LogP contribution in [0.5, 0.6) is 0 Å². The monoisotopic (exact) mass is 367 g/mol. The number of aryl methyl sites for hydroxylation is 2. The van der Waals surface area contributed by atoms with E-state index in [1.54, 1.807) is 0 Å². The molecule has 2 saturated heterocycles. The molecule has 1 amide bonds. The Labute approximate surface area is 161 Å². The first kappa shape index (κ1) is 18.2. The number of carbonyl (C=O) groups is 1. The standard InChI is InChI=1S/C22H29N3O2/c1-15-18(16(2)27-24-15)10-6-12-23-22(26)19-14-21(17-8-4-3-5-9-17)25-13-7-11-20(19)25/h3-5,8-9,19-21H,6-7,10-14H2,1-2H3,(H,23,26)/t19-,20+,21-/m0/s1. The van der Waals surface area contributed by atoms with Crippen molar-refractivity contribution in [2.45, 2.75) is 58.0 Å². The summed E-state index contributed by atoms with van der Waals surface area (Å²) in [5, 5.41) is 7.19. The molecular weight excluding hydrogens is 338 g/mol. The van der Waals surface area contributed by atoms with E-state index in [0.29, 0.717) is 18.6 Å². The van der Waals surface area contributed by atoms with Gasteiger partial charge in [-0.3, -0.25) is 9.69 Å². The van der Waals surface area contributed by atoms with Gasteiger partial charge in [0.1, 0.15) is 5.76 Å². The minimum absolute atomic E-state index is 0.108. The summed E-state index contributed by atoms with van der Waals surface area (Å²) in [7, 11) is 0. The largest absolute Gasteiger partial charge is 0.361 e. The van der Waals surface area contributed by atoms with Crippen molar-refractivity contribution in [2.24, 2.45) is 5.92 Å². The molecular formula is C22H29N3O2. The molecule has 2 aromatic rings. The molecule has 5 heteroatoms. The number of amides is 1. The third kappa shape index (κ3) is 3.65. The van der Waals surface area contributed by atoms with Gasteiger partial charge in [-0.1, -0.05) is 35.5 Å². The molecule has 27 heavy (non-hydrogen) atoms. The molecule has 2 fully saturated rings. The summed E-state index contributed by atoms with van der Waals surface area (Å²) in [6.45, 7) is 5.74. The van der Waals surface area contributed by atoms with Crippen LogP contribution in [0, 0.1) is 19.8 Å². The fraction of sp³-hybridized carbons (Fsp3) is 0.545. The van der Waals surface area contributed by atoms with Crippen LogP contribution < -0.4 is 5.32 Å². The number of rotatable bonds is 6. The lowest BCUT2D eigenvalue weighted by molar-refractivity contribution is -0.125. The molecule has 5 nitrogen and oxygen atoms in total. The van der Waals surface area contributed by atoms with Crippen molar-refractivity contribution in [1.82, 2.24) is 15.4 Å². The third-order valence-corrected chi connectivity index (χ3v) is 6.29. The maximum Gasteiger partial charge on any atom is 0.224 e. The normalized spacial score (nSPS) is 24.9. The van der Waals surface area contributed by atoms with Gasteiger partial charge in [0.25, 0.3) is 0 Å². The lowest BCUT2D eigenvalue weighted by atomic mass is 9.93. The minimum Gasteiger partial charge on any atom is -0.361 e. The van der Waals surface area contributed by atoms with Crippen LogP contribution in [-0.4, -0.2) is 35.1 Å². The Morgan fingerprint density at radius 3 is 2.85 bits per heavy atom. The second-order valence-electron chi connectivity index (χ2n) is 7.91. The van der Waals surface area contributed by atoms with Gasteiger partial charge in [0.2, 0.25) is 5.91 Å². The fourth-order valence-electron chi connectivity index (χ4n) is 4.92. The van der Waals surface area contributed by atoms with Crippen LogP contribution in [-0.2, 0) is 11.2 Å². The molecule has 3 heterocycles. The molecule has 144 valence electrons. The zero-order valence-electron chi connectivity index (χ0n) is 16.3. The van der Waals surface area contributed by atoms with Crippen molar-refractivity contribution in [1.29, 1.82) is 0 Å². The zero-order valence-corrected chi connectivity index (χ0v) is 16.3. The lowest BCUT2D eigenvalue weighted by Crippen LogP contribution is -2.37. The number of hydrogen-bond donors (Lipinski definition) is 1. The molecule has 4 rings (SSSR count). The Hall–Kier alpha value is -2.14. The lowest BCUT2D eigenvalue weighted by Gasteiger charge is -2.24. The molecule has 0 aliphatic carbocycles. The Balaban J connectivity index is 1.33. The van der Waals surface area contributed by atoms with Crippen LogP contribution in [0.1, 0.15) is 54.3 Å². The molecule has 0 bridgehead atoms. The van der Waals surface area contributed by atoms with E-state index in [1.807, 2.05) is 13.8 Å². The van der Waals surface area contributed by atoms with Crippen molar-refractivity contribution in [3.8, 4) is 0 Å². The number of fused-ring (bicyclic) bond motifs is 1. The Morgan fingerprint density at radius 1 is 1.30 bits per heavy atom. The van der Waals surface area contributed by atoms with E-state index in [0.717, 1.165) is 43.7 Å². The van der Waals surface area contributed by atoms with Crippen molar-refractivity contribution in [2.75, 3.05) is 13.1 Å². The molecule has 0 unspecified atom stereocenters. The first-order valence-electron chi connectivity index (χ1n) is 10.2. The van der Waals surface area contributed by atoms with Gasteiger partial charge in [-0.05, 0) is 58.1 Å². The highest BCUT2D eigenvalue weighted by atomic mass is 16.5. The van der Waals surface area contributed by atoms with E-state index < -0.39 is 0 Å². The van der Waals surface area contributed by atoms with Gasteiger partial charge in [-0.2, -0.15) is 0 Å². The number of nitrogens with one attached hydrogen (secondary N) is 1. The van der Waals surface area contributed by atoms with Crippen LogP contribution >= 0.6 is 0 Å². The molecule has 0 saturated carbocycles. The summed E-state index contributed by atoms with van der Waals surface area (Å²) in [6.07, 6.45) is 5.08. The Kier molecular flexibility index (Phi) is 5.30. The highest BCUT2D eigenvalue weighted by Crippen LogP contribution is 2.44. The topological polar surface area (TPSA) is 58.4 Å². The fourth-order valence-corrected chi connectivity index (χ4v) is 4.92. The predicted octanol–water partition coefficient (Wildman–Crippen LogP) is 3.57. The number of benzene rings is 1. The highest BCUT2D eigenvalue weighted by Gasteiger charge is 2.46. The SMILES string of the molecule is Cc1noc(C)c1CCCNC(=O)[C@H]1C[C@@H](c2ccccc2)N2CCC[C@H]12. The smallest absolute Gasteiger partial charge is 0.224 e.